The fourth-order valence-corrected chi connectivity index (χ4v) is 2.50. The van der Waals surface area contributed by atoms with Crippen LogP contribution in [0.5, 0.6) is 0 Å². The number of fused-ring (bicyclic) bond motifs is 2. The molecule has 2 bridgehead atoms. The monoisotopic (exact) mass is 226 g/mol. The molecule has 4 rings (SSSR count). The minimum Gasteiger partial charge on any atom is -0.0851 e. The first kappa shape index (κ1) is 12.2. The second-order valence-electron chi connectivity index (χ2n) is 4.90. The summed E-state index contributed by atoms with van der Waals surface area (Å²) in [6.07, 6.45) is 28.2. The lowest BCUT2D eigenvalue weighted by Crippen LogP contribution is -1.82. The van der Waals surface area contributed by atoms with Crippen molar-refractivity contribution < 1.29 is 0 Å². The summed E-state index contributed by atoms with van der Waals surface area (Å²) < 4.78 is 0. The topological polar surface area (TPSA) is 0 Å². The molecule has 4 aliphatic carbocycles. The highest BCUT2D eigenvalue weighted by molar-refractivity contribution is 5.12. The van der Waals surface area contributed by atoms with Gasteiger partial charge in [-0.3, -0.25) is 0 Å². The molecule has 2 atom stereocenters. The maximum absolute atomic E-state index is 2.38. The summed E-state index contributed by atoms with van der Waals surface area (Å²) in [7, 11) is 0. The predicted octanol–water partition coefficient (Wildman–Crippen LogP) is 4.98. The van der Waals surface area contributed by atoms with Crippen molar-refractivity contribution >= 4 is 0 Å². The molecule has 0 aromatic carbocycles. The summed E-state index contributed by atoms with van der Waals surface area (Å²) in [4.78, 5) is 0. The van der Waals surface area contributed by atoms with Gasteiger partial charge in [-0.1, -0.05) is 60.8 Å². The van der Waals surface area contributed by atoms with E-state index in [0.29, 0.717) is 0 Å². The standard InChI is InChI=1S/C7H10.2C5H6/c1-2-7-4-3-6(1)5-7;2*1-2-4-5-3-1/h1-2,6-7H,3-5H2;2*1-4H,5H2. The Morgan fingerprint density at radius 3 is 1.12 bits per heavy atom. The number of hydrogen-bond acceptors (Lipinski definition) is 0. The van der Waals surface area contributed by atoms with Crippen molar-refractivity contribution in [1.29, 1.82) is 0 Å². The lowest BCUT2D eigenvalue weighted by Gasteiger charge is -1.96. The number of hydrogen-bond donors (Lipinski definition) is 0. The Balaban J connectivity index is 0.0000000980. The van der Waals surface area contributed by atoms with Crippen LogP contribution in [0.1, 0.15) is 32.1 Å². The summed E-state index contributed by atoms with van der Waals surface area (Å²) in [6, 6.07) is 0. The van der Waals surface area contributed by atoms with E-state index in [-0.39, 0.29) is 0 Å². The van der Waals surface area contributed by atoms with Crippen molar-refractivity contribution in [2.75, 3.05) is 0 Å². The van der Waals surface area contributed by atoms with E-state index in [1.807, 2.05) is 0 Å². The Labute approximate surface area is 105 Å². The Kier molecular flexibility index (Phi) is 5.09. The minimum atomic E-state index is 0.991. The zero-order valence-corrected chi connectivity index (χ0v) is 10.5. The molecule has 0 heterocycles. The molecule has 0 aliphatic heterocycles. The zero-order valence-electron chi connectivity index (χ0n) is 10.5. The minimum absolute atomic E-state index is 0.991. The molecular formula is C17H22. The van der Waals surface area contributed by atoms with Gasteiger partial charge in [-0.25, -0.2) is 0 Å². The normalized spacial score (nSPS) is 29.2. The average Bonchev–Trinajstić information content (AvgIpc) is 3.16. The lowest BCUT2D eigenvalue weighted by atomic mass is 10.1. The van der Waals surface area contributed by atoms with Crippen LogP contribution >= 0.6 is 0 Å². The molecule has 1 saturated carbocycles. The number of rotatable bonds is 0. The van der Waals surface area contributed by atoms with E-state index in [2.05, 4.69) is 60.8 Å². The van der Waals surface area contributed by atoms with Crippen LogP contribution in [0.2, 0.25) is 0 Å². The quantitative estimate of drug-likeness (QED) is 0.511. The molecule has 17 heavy (non-hydrogen) atoms. The Bertz CT molecular complexity index is 298. The Hall–Kier alpha value is -1.30. The van der Waals surface area contributed by atoms with E-state index < -0.39 is 0 Å². The van der Waals surface area contributed by atoms with Crippen molar-refractivity contribution in [3.63, 3.8) is 0 Å². The predicted molar refractivity (Wildman–Crippen MR) is 75.8 cm³/mol. The fourth-order valence-electron chi connectivity index (χ4n) is 2.50. The summed E-state index contributed by atoms with van der Waals surface area (Å²) in [6.45, 7) is 0. The summed E-state index contributed by atoms with van der Waals surface area (Å²) >= 11 is 0. The van der Waals surface area contributed by atoms with E-state index in [1.165, 1.54) is 19.3 Å². The molecule has 0 heteroatoms. The third kappa shape index (κ3) is 4.60. The van der Waals surface area contributed by atoms with Crippen molar-refractivity contribution in [2.45, 2.75) is 32.1 Å². The third-order valence-corrected chi connectivity index (χ3v) is 3.48. The molecule has 0 aromatic heterocycles. The zero-order chi connectivity index (χ0) is 11.8. The van der Waals surface area contributed by atoms with Crippen molar-refractivity contribution in [3.8, 4) is 0 Å². The van der Waals surface area contributed by atoms with Gasteiger partial charge in [0.25, 0.3) is 0 Å². The maximum Gasteiger partial charge on any atom is -0.0163 e. The molecule has 0 radical (unpaired) electrons. The van der Waals surface area contributed by atoms with Crippen LogP contribution in [0.25, 0.3) is 0 Å². The van der Waals surface area contributed by atoms with Crippen LogP contribution in [0.4, 0.5) is 0 Å². The van der Waals surface area contributed by atoms with Gasteiger partial charge in [-0.15, -0.1) is 0 Å². The second-order valence-corrected chi connectivity index (χ2v) is 4.90. The Morgan fingerprint density at radius 2 is 1.00 bits per heavy atom. The summed E-state index contributed by atoms with van der Waals surface area (Å²) in [5, 5.41) is 0. The molecule has 0 aromatic rings. The molecule has 1 fully saturated rings. The lowest BCUT2D eigenvalue weighted by molar-refractivity contribution is 0.691. The molecular weight excluding hydrogens is 204 g/mol. The maximum atomic E-state index is 2.38. The van der Waals surface area contributed by atoms with Gasteiger partial charge in [0.05, 0.1) is 0 Å². The highest BCUT2D eigenvalue weighted by Crippen LogP contribution is 2.38. The van der Waals surface area contributed by atoms with Gasteiger partial charge < -0.3 is 0 Å². The van der Waals surface area contributed by atoms with Crippen LogP contribution < -0.4 is 0 Å². The van der Waals surface area contributed by atoms with Crippen molar-refractivity contribution in [3.05, 3.63) is 60.8 Å². The van der Waals surface area contributed by atoms with E-state index in [0.717, 1.165) is 24.7 Å². The van der Waals surface area contributed by atoms with Crippen molar-refractivity contribution in [1.82, 2.24) is 0 Å². The van der Waals surface area contributed by atoms with Gasteiger partial charge >= 0.3 is 0 Å². The molecule has 90 valence electrons. The second kappa shape index (κ2) is 7.11. The average molecular weight is 226 g/mol. The third-order valence-electron chi connectivity index (χ3n) is 3.48. The molecule has 0 spiro atoms. The molecule has 0 nitrogen and oxygen atoms in total. The smallest absolute Gasteiger partial charge is 0.0163 e. The van der Waals surface area contributed by atoms with E-state index in [4.69, 9.17) is 0 Å². The first-order valence-corrected chi connectivity index (χ1v) is 6.77. The van der Waals surface area contributed by atoms with Crippen LogP contribution in [-0.2, 0) is 0 Å². The number of allylic oxidation sites excluding steroid dienone is 10. The molecule has 4 aliphatic rings. The highest BCUT2D eigenvalue weighted by atomic mass is 14.3. The summed E-state index contributed by atoms with van der Waals surface area (Å²) in [5.74, 6) is 1.98. The van der Waals surface area contributed by atoms with Crippen LogP contribution in [-0.4, -0.2) is 0 Å². The van der Waals surface area contributed by atoms with Gasteiger partial charge in [-0.05, 0) is 43.9 Å². The Morgan fingerprint density at radius 1 is 0.588 bits per heavy atom. The molecule has 0 amide bonds. The molecule has 0 saturated heterocycles. The highest BCUT2D eigenvalue weighted by Gasteiger charge is 2.25. The van der Waals surface area contributed by atoms with Gasteiger partial charge in [0.1, 0.15) is 0 Å². The largest absolute Gasteiger partial charge is 0.0851 e. The van der Waals surface area contributed by atoms with Gasteiger partial charge in [-0.2, -0.15) is 0 Å². The first-order valence-electron chi connectivity index (χ1n) is 6.77. The SMILES string of the molecule is C1=CC2CCC1C2.C1=CCC=C1.C1=CCC=C1. The van der Waals surface area contributed by atoms with E-state index >= 15 is 0 Å². The molecule has 0 N–H and O–H groups in total. The van der Waals surface area contributed by atoms with Crippen molar-refractivity contribution in [2.24, 2.45) is 11.8 Å². The molecule has 2 unspecified atom stereocenters. The van der Waals surface area contributed by atoms with Crippen LogP contribution in [0.15, 0.2) is 60.8 Å². The van der Waals surface area contributed by atoms with Crippen LogP contribution in [0, 0.1) is 11.8 Å². The van der Waals surface area contributed by atoms with Gasteiger partial charge in [0.2, 0.25) is 0 Å². The van der Waals surface area contributed by atoms with Crippen LogP contribution in [0.3, 0.4) is 0 Å². The van der Waals surface area contributed by atoms with Gasteiger partial charge in [0, 0.05) is 0 Å². The fraction of sp³-hybridized carbons (Fsp3) is 0.412. The van der Waals surface area contributed by atoms with E-state index in [9.17, 15) is 0 Å². The first-order chi connectivity index (χ1) is 8.45. The van der Waals surface area contributed by atoms with E-state index in [1.54, 1.807) is 0 Å². The summed E-state index contributed by atoms with van der Waals surface area (Å²) in [5.41, 5.74) is 0. The van der Waals surface area contributed by atoms with Gasteiger partial charge in [0.15, 0.2) is 0 Å².